The summed E-state index contributed by atoms with van der Waals surface area (Å²) in [5, 5.41) is 3.11. The lowest BCUT2D eigenvalue weighted by atomic mass is 9.97. The first-order valence-corrected chi connectivity index (χ1v) is 13.0. The Morgan fingerprint density at radius 2 is 1.70 bits per heavy atom. The second-order valence-corrected chi connectivity index (χ2v) is 10.2. The van der Waals surface area contributed by atoms with Crippen LogP contribution >= 0.6 is 11.8 Å². The highest BCUT2D eigenvalue weighted by Crippen LogP contribution is 2.24. The molecule has 6 heteroatoms. The van der Waals surface area contributed by atoms with Crippen LogP contribution in [0.15, 0.2) is 24.3 Å². The van der Waals surface area contributed by atoms with Crippen LogP contribution in [0.1, 0.15) is 50.5 Å². The van der Waals surface area contributed by atoms with E-state index in [1.807, 2.05) is 17.8 Å². The van der Waals surface area contributed by atoms with Crippen LogP contribution in [0.4, 0.5) is 5.69 Å². The predicted octanol–water partition coefficient (Wildman–Crippen LogP) is 3.99. The molecule has 1 N–H and O–H groups in total. The van der Waals surface area contributed by atoms with E-state index in [9.17, 15) is 4.79 Å². The SMILES string of the molecule is O=C(CN1CCC(OC2CCCCC2)CC1)Nc1cccc(CN2CCSCC2)c1. The van der Waals surface area contributed by atoms with Crippen LogP contribution in [0.5, 0.6) is 0 Å². The molecule has 1 amide bonds. The van der Waals surface area contributed by atoms with Crippen molar-refractivity contribution in [1.29, 1.82) is 0 Å². The summed E-state index contributed by atoms with van der Waals surface area (Å²) in [5.41, 5.74) is 2.19. The maximum atomic E-state index is 12.6. The van der Waals surface area contributed by atoms with E-state index in [4.69, 9.17) is 4.74 Å². The molecule has 2 aliphatic heterocycles. The number of nitrogens with zero attached hydrogens (tertiary/aromatic N) is 2. The molecule has 2 heterocycles. The number of thioether (sulfide) groups is 1. The number of nitrogens with one attached hydrogen (secondary N) is 1. The Balaban J connectivity index is 1.18. The van der Waals surface area contributed by atoms with Crippen molar-refractivity contribution >= 4 is 23.4 Å². The largest absolute Gasteiger partial charge is 0.375 e. The summed E-state index contributed by atoms with van der Waals surface area (Å²) in [6, 6.07) is 8.34. The lowest BCUT2D eigenvalue weighted by Crippen LogP contribution is -2.42. The highest BCUT2D eigenvalue weighted by Gasteiger charge is 2.25. The third-order valence-corrected chi connectivity index (χ3v) is 7.50. The fourth-order valence-corrected chi connectivity index (χ4v) is 5.82. The number of carbonyl (C=O) groups is 1. The first kappa shape index (κ1) is 22.1. The van der Waals surface area contributed by atoms with Crippen LogP contribution in [0.3, 0.4) is 0 Å². The molecule has 0 aromatic heterocycles. The van der Waals surface area contributed by atoms with E-state index >= 15 is 0 Å². The number of hydrogen-bond acceptors (Lipinski definition) is 5. The zero-order valence-electron chi connectivity index (χ0n) is 18.2. The molecule has 0 spiro atoms. The van der Waals surface area contributed by atoms with Gasteiger partial charge in [-0.25, -0.2) is 0 Å². The van der Waals surface area contributed by atoms with Gasteiger partial charge in [0.15, 0.2) is 0 Å². The normalized spacial score (nSPS) is 22.8. The number of likely N-dealkylation sites (tertiary alicyclic amines) is 1. The number of anilines is 1. The summed E-state index contributed by atoms with van der Waals surface area (Å²) in [6.07, 6.45) is 9.45. The minimum Gasteiger partial charge on any atom is -0.375 e. The summed E-state index contributed by atoms with van der Waals surface area (Å²) in [4.78, 5) is 17.3. The van der Waals surface area contributed by atoms with Gasteiger partial charge in [-0.15, -0.1) is 0 Å². The lowest BCUT2D eigenvalue weighted by molar-refractivity contribution is -0.118. The zero-order chi connectivity index (χ0) is 20.6. The Kier molecular flexibility index (Phi) is 8.49. The van der Waals surface area contributed by atoms with Gasteiger partial charge in [0.1, 0.15) is 0 Å². The monoisotopic (exact) mass is 431 g/mol. The Morgan fingerprint density at radius 1 is 0.967 bits per heavy atom. The molecule has 30 heavy (non-hydrogen) atoms. The maximum Gasteiger partial charge on any atom is 0.238 e. The minimum atomic E-state index is 0.0909. The fourth-order valence-electron chi connectivity index (χ4n) is 4.85. The van der Waals surface area contributed by atoms with Gasteiger partial charge in [0.25, 0.3) is 0 Å². The molecule has 5 nitrogen and oxygen atoms in total. The molecule has 0 radical (unpaired) electrons. The van der Waals surface area contributed by atoms with Gasteiger partial charge in [-0.3, -0.25) is 14.6 Å². The summed E-state index contributed by atoms with van der Waals surface area (Å²) in [7, 11) is 0. The molecule has 0 unspecified atom stereocenters. The van der Waals surface area contributed by atoms with Gasteiger partial charge in [0.05, 0.1) is 18.8 Å². The van der Waals surface area contributed by atoms with Gasteiger partial charge in [0.2, 0.25) is 5.91 Å². The summed E-state index contributed by atoms with van der Waals surface area (Å²) in [6.45, 7) is 5.67. The Morgan fingerprint density at radius 3 is 2.47 bits per heavy atom. The molecule has 3 aliphatic rings. The van der Waals surface area contributed by atoms with Crippen molar-refractivity contribution in [2.75, 3.05) is 49.5 Å². The summed E-state index contributed by atoms with van der Waals surface area (Å²) < 4.78 is 6.32. The number of ether oxygens (including phenoxy) is 1. The van der Waals surface area contributed by atoms with Crippen LogP contribution in [-0.2, 0) is 16.1 Å². The predicted molar refractivity (Wildman–Crippen MR) is 125 cm³/mol. The van der Waals surface area contributed by atoms with Crippen molar-refractivity contribution in [3.8, 4) is 0 Å². The van der Waals surface area contributed by atoms with Crippen molar-refractivity contribution < 1.29 is 9.53 Å². The average Bonchev–Trinajstić information content (AvgIpc) is 2.77. The van der Waals surface area contributed by atoms with Crippen LogP contribution in [0.25, 0.3) is 0 Å². The molecular formula is C24H37N3O2S. The Hall–Kier alpha value is -1.08. The molecule has 4 rings (SSSR count). The third kappa shape index (κ3) is 6.98. The second-order valence-electron chi connectivity index (χ2n) is 9.01. The van der Waals surface area contributed by atoms with Gasteiger partial charge in [-0.05, 0) is 43.4 Å². The maximum absolute atomic E-state index is 12.6. The topological polar surface area (TPSA) is 44.8 Å². The number of rotatable bonds is 7. The van der Waals surface area contributed by atoms with Crippen molar-refractivity contribution in [3.63, 3.8) is 0 Å². The first-order chi connectivity index (χ1) is 14.7. The zero-order valence-corrected chi connectivity index (χ0v) is 19.0. The quantitative estimate of drug-likeness (QED) is 0.707. The third-order valence-electron chi connectivity index (χ3n) is 6.56. The van der Waals surface area contributed by atoms with E-state index in [1.54, 1.807) is 0 Å². The minimum absolute atomic E-state index is 0.0909. The molecule has 166 valence electrons. The van der Waals surface area contributed by atoms with E-state index < -0.39 is 0 Å². The fraction of sp³-hybridized carbons (Fsp3) is 0.708. The van der Waals surface area contributed by atoms with Crippen LogP contribution in [-0.4, -0.2) is 72.1 Å². The van der Waals surface area contributed by atoms with Crippen LogP contribution < -0.4 is 5.32 Å². The molecule has 2 saturated heterocycles. The standard InChI is InChI=1S/C24H37N3O2S/c28-24(19-26-11-9-23(10-12-26)29-22-7-2-1-3-8-22)25-21-6-4-5-20(17-21)18-27-13-15-30-16-14-27/h4-6,17,22-23H,1-3,7-16,18-19H2,(H,25,28). The second kappa shape index (κ2) is 11.5. The molecule has 1 saturated carbocycles. The number of hydrogen-bond donors (Lipinski definition) is 1. The summed E-state index contributed by atoms with van der Waals surface area (Å²) in [5.74, 6) is 2.53. The molecule has 3 fully saturated rings. The molecule has 0 atom stereocenters. The van der Waals surface area contributed by atoms with E-state index in [2.05, 4.69) is 33.3 Å². The Bertz CT molecular complexity index is 666. The van der Waals surface area contributed by atoms with Crippen LogP contribution in [0, 0.1) is 0 Å². The van der Waals surface area contributed by atoms with E-state index in [0.717, 1.165) is 51.3 Å². The van der Waals surface area contributed by atoms with Crippen LogP contribution in [0.2, 0.25) is 0 Å². The van der Waals surface area contributed by atoms with Gasteiger partial charge in [-0.1, -0.05) is 31.4 Å². The van der Waals surface area contributed by atoms with Crippen molar-refractivity contribution in [2.24, 2.45) is 0 Å². The van der Waals surface area contributed by atoms with Crippen molar-refractivity contribution in [3.05, 3.63) is 29.8 Å². The van der Waals surface area contributed by atoms with Crippen molar-refractivity contribution in [1.82, 2.24) is 9.80 Å². The average molecular weight is 432 g/mol. The molecule has 1 aromatic rings. The highest BCUT2D eigenvalue weighted by atomic mass is 32.2. The lowest BCUT2D eigenvalue weighted by Gasteiger charge is -2.34. The van der Waals surface area contributed by atoms with E-state index in [-0.39, 0.29) is 5.91 Å². The van der Waals surface area contributed by atoms with E-state index in [1.165, 1.54) is 49.2 Å². The number of carbonyl (C=O) groups excluding carboxylic acids is 1. The number of amides is 1. The van der Waals surface area contributed by atoms with Gasteiger partial charge >= 0.3 is 0 Å². The highest BCUT2D eigenvalue weighted by molar-refractivity contribution is 7.99. The Labute approximate surface area is 185 Å². The van der Waals surface area contributed by atoms with E-state index in [0.29, 0.717) is 18.8 Å². The molecule has 0 bridgehead atoms. The molecule has 1 aromatic carbocycles. The van der Waals surface area contributed by atoms with Gasteiger partial charge in [0, 0.05) is 49.9 Å². The van der Waals surface area contributed by atoms with Gasteiger partial charge in [-0.2, -0.15) is 11.8 Å². The summed E-state index contributed by atoms with van der Waals surface area (Å²) >= 11 is 2.03. The van der Waals surface area contributed by atoms with Crippen molar-refractivity contribution in [2.45, 2.75) is 63.7 Å². The number of benzene rings is 1. The smallest absolute Gasteiger partial charge is 0.238 e. The van der Waals surface area contributed by atoms with Gasteiger partial charge < -0.3 is 10.1 Å². The number of piperidine rings is 1. The molecular weight excluding hydrogens is 394 g/mol. The first-order valence-electron chi connectivity index (χ1n) is 11.8. The molecule has 1 aliphatic carbocycles.